The lowest BCUT2D eigenvalue weighted by molar-refractivity contribution is -0.384. The van der Waals surface area contributed by atoms with Crippen molar-refractivity contribution < 1.29 is 19.3 Å². The van der Waals surface area contributed by atoms with Gasteiger partial charge in [-0.3, -0.25) is 24.5 Å². The number of nitrogens with zero attached hydrogens (tertiary/aromatic N) is 1. The van der Waals surface area contributed by atoms with E-state index in [1.54, 1.807) is 30.3 Å². The number of amides is 3. The van der Waals surface area contributed by atoms with E-state index in [4.69, 9.17) is 5.73 Å². The molecule has 0 bridgehead atoms. The van der Waals surface area contributed by atoms with Gasteiger partial charge >= 0.3 is 0 Å². The van der Waals surface area contributed by atoms with Crippen molar-refractivity contribution in [2.45, 2.75) is 12.5 Å². The van der Waals surface area contributed by atoms with Crippen molar-refractivity contribution in [3.63, 3.8) is 0 Å². The molecule has 2 rings (SSSR count). The van der Waals surface area contributed by atoms with Crippen LogP contribution in [-0.2, 0) is 9.59 Å². The third kappa shape index (κ3) is 5.13. The predicted molar refractivity (Wildman–Crippen MR) is 93.2 cm³/mol. The van der Waals surface area contributed by atoms with Crippen molar-refractivity contribution in [1.82, 2.24) is 5.32 Å². The Morgan fingerprint density at radius 2 is 1.65 bits per heavy atom. The first-order valence-electron chi connectivity index (χ1n) is 7.56. The van der Waals surface area contributed by atoms with E-state index in [-0.39, 0.29) is 11.4 Å². The molecular formula is C17H16N4O5. The summed E-state index contributed by atoms with van der Waals surface area (Å²) in [7, 11) is 0. The highest BCUT2D eigenvalue weighted by Gasteiger charge is 2.23. The molecule has 4 N–H and O–H groups in total. The normalized spacial score (nSPS) is 11.2. The third-order valence-corrected chi connectivity index (χ3v) is 3.41. The first kappa shape index (κ1) is 18.6. The van der Waals surface area contributed by atoms with Gasteiger partial charge in [-0.2, -0.15) is 0 Å². The molecule has 0 fully saturated rings. The summed E-state index contributed by atoms with van der Waals surface area (Å²) < 4.78 is 0. The van der Waals surface area contributed by atoms with Gasteiger partial charge in [0.2, 0.25) is 11.8 Å². The SMILES string of the molecule is NC(=O)CC(NC(=O)c1ccccc1)C(=O)Nc1ccc([N+](=O)[O-])cc1. The van der Waals surface area contributed by atoms with Crippen LogP contribution in [0, 0.1) is 10.1 Å². The van der Waals surface area contributed by atoms with Crippen LogP contribution < -0.4 is 16.4 Å². The molecule has 9 heteroatoms. The number of carbonyl (C=O) groups excluding carboxylic acids is 3. The Morgan fingerprint density at radius 3 is 2.19 bits per heavy atom. The zero-order valence-corrected chi connectivity index (χ0v) is 13.5. The topological polar surface area (TPSA) is 144 Å². The summed E-state index contributed by atoms with van der Waals surface area (Å²) in [5.74, 6) is -1.96. The summed E-state index contributed by atoms with van der Waals surface area (Å²) in [4.78, 5) is 45.9. The average Bonchev–Trinajstić information content (AvgIpc) is 2.62. The third-order valence-electron chi connectivity index (χ3n) is 3.41. The van der Waals surface area contributed by atoms with Gasteiger partial charge in [0.25, 0.3) is 11.6 Å². The van der Waals surface area contributed by atoms with Crippen LogP contribution in [0.3, 0.4) is 0 Å². The molecule has 1 unspecified atom stereocenters. The second kappa shape index (κ2) is 8.38. The van der Waals surface area contributed by atoms with E-state index in [0.717, 1.165) is 0 Å². The van der Waals surface area contributed by atoms with E-state index in [1.165, 1.54) is 24.3 Å². The fraction of sp³-hybridized carbons (Fsp3) is 0.118. The van der Waals surface area contributed by atoms with Gasteiger partial charge in [0.1, 0.15) is 6.04 Å². The summed E-state index contributed by atoms with van der Waals surface area (Å²) in [6, 6.07) is 12.1. The molecule has 0 radical (unpaired) electrons. The number of nitrogens with two attached hydrogens (primary N) is 1. The molecule has 0 heterocycles. The fourth-order valence-electron chi connectivity index (χ4n) is 2.14. The minimum atomic E-state index is -1.18. The van der Waals surface area contributed by atoms with Gasteiger partial charge in [-0.1, -0.05) is 18.2 Å². The van der Waals surface area contributed by atoms with E-state index in [0.29, 0.717) is 5.56 Å². The first-order valence-corrected chi connectivity index (χ1v) is 7.56. The second-order valence-electron chi connectivity index (χ2n) is 5.36. The largest absolute Gasteiger partial charge is 0.370 e. The number of rotatable bonds is 7. The van der Waals surface area contributed by atoms with Gasteiger partial charge < -0.3 is 16.4 Å². The lowest BCUT2D eigenvalue weighted by atomic mass is 10.1. The summed E-state index contributed by atoms with van der Waals surface area (Å²) in [5.41, 5.74) is 5.62. The summed E-state index contributed by atoms with van der Waals surface area (Å²) in [5, 5.41) is 15.6. The number of nitro benzene ring substituents is 1. The van der Waals surface area contributed by atoms with Gasteiger partial charge in [-0.15, -0.1) is 0 Å². The van der Waals surface area contributed by atoms with E-state index in [9.17, 15) is 24.5 Å². The smallest absolute Gasteiger partial charge is 0.269 e. The van der Waals surface area contributed by atoms with Crippen molar-refractivity contribution in [3.8, 4) is 0 Å². The Balaban J connectivity index is 2.09. The average molecular weight is 356 g/mol. The molecule has 0 saturated heterocycles. The van der Waals surface area contributed by atoms with Gasteiger partial charge in [-0.05, 0) is 24.3 Å². The van der Waals surface area contributed by atoms with Crippen molar-refractivity contribution in [2.24, 2.45) is 5.73 Å². The van der Waals surface area contributed by atoms with Crippen LogP contribution in [0.25, 0.3) is 0 Å². The molecule has 0 saturated carbocycles. The summed E-state index contributed by atoms with van der Waals surface area (Å²) in [6.07, 6.45) is -0.391. The molecule has 1 atom stereocenters. The minimum Gasteiger partial charge on any atom is -0.370 e. The van der Waals surface area contributed by atoms with E-state index in [2.05, 4.69) is 10.6 Å². The Bertz CT molecular complexity index is 821. The van der Waals surface area contributed by atoms with E-state index < -0.39 is 35.1 Å². The molecule has 0 aliphatic rings. The van der Waals surface area contributed by atoms with Crippen LogP contribution in [0.5, 0.6) is 0 Å². The zero-order chi connectivity index (χ0) is 19.1. The maximum Gasteiger partial charge on any atom is 0.269 e. The lowest BCUT2D eigenvalue weighted by Gasteiger charge is -2.17. The maximum atomic E-state index is 12.4. The Labute approximate surface area is 148 Å². The fourth-order valence-corrected chi connectivity index (χ4v) is 2.14. The molecular weight excluding hydrogens is 340 g/mol. The number of primary amides is 1. The van der Waals surface area contributed by atoms with Crippen LogP contribution in [-0.4, -0.2) is 28.7 Å². The Hall–Kier alpha value is -3.75. The molecule has 2 aromatic rings. The maximum absolute atomic E-state index is 12.4. The minimum absolute atomic E-state index is 0.130. The summed E-state index contributed by atoms with van der Waals surface area (Å²) >= 11 is 0. The van der Waals surface area contributed by atoms with Crippen molar-refractivity contribution in [3.05, 3.63) is 70.3 Å². The van der Waals surface area contributed by atoms with Crippen molar-refractivity contribution >= 4 is 29.1 Å². The van der Waals surface area contributed by atoms with Crippen LogP contribution in [0.15, 0.2) is 54.6 Å². The monoisotopic (exact) mass is 356 g/mol. The molecule has 0 aliphatic heterocycles. The highest BCUT2D eigenvalue weighted by molar-refractivity contribution is 6.02. The molecule has 26 heavy (non-hydrogen) atoms. The van der Waals surface area contributed by atoms with Gasteiger partial charge in [-0.25, -0.2) is 0 Å². The van der Waals surface area contributed by atoms with Gasteiger partial charge in [0, 0.05) is 23.4 Å². The van der Waals surface area contributed by atoms with Crippen molar-refractivity contribution in [2.75, 3.05) is 5.32 Å². The molecule has 3 amide bonds. The quantitative estimate of drug-likeness (QED) is 0.504. The van der Waals surface area contributed by atoms with Gasteiger partial charge in [0.15, 0.2) is 0 Å². The number of carbonyl (C=O) groups is 3. The molecule has 0 spiro atoms. The number of nitro groups is 1. The second-order valence-corrected chi connectivity index (χ2v) is 5.36. The van der Waals surface area contributed by atoms with Crippen LogP contribution >= 0.6 is 0 Å². The van der Waals surface area contributed by atoms with Crippen LogP contribution in [0.1, 0.15) is 16.8 Å². The summed E-state index contributed by atoms with van der Waals surface area (Å²) in [6.45, 7) is 0. The highest BCUT2D eigenvalue weighted by atomic mass is 16.6. The number of non-ortho nitro benzene ring substituents is 1. The van der Waals surface area contributed by atoms with Crippen LogP contribution in [0.2, 0.25) is 0 Å². The number of benzene rings is 2. The standard InChI is InChI=1S/C17H16N4O5/c18-15(22)10-14(20-16(23)11-4-2-1-3-5-11)17(24)19-12-6-8-13(9-7-12)21(25)26/h1-9,14H,10H2,(H2,18,22)(H,19,24)(H,20,23). The van der Waals surface area contributed by atoms with E-state index >= 15 is 0 Å². The zero-order valence-electron chi connectivity index (χ0n) is 13.5. The number of hydrogen-bond acceptors (Lipinski definition) is 5. The predicted octanol–water partition coefficient (Wildman–Crippen LogP) is 1.21. The molecule has 0 aliphatic carbocycles. The van der Waals surface area contributed by atoms with Crippen molar-refractivity contribution in [1.29, 1.82) is 0 Å². The lowest BCUT2D eigenvalue weighted by Crippen LogP contribution is -2.46. The van der Waals surface area contributed by atoms with E-state index in [1.807, 2.05) is 0 Å². The molecule has 0 aromatic heterocycles. The van der Waals surface area contributed by atoms with Gasteiger partial charge in [0.05, 0.1) is 11.3 Å². The number of anilines is 1. The highest BCUT2D eigenvalue weighted by Crippen LogP contribution is 2.15. The number of hydrogen-bond donors (Lipinski definition) is 3. The number of nitrogens with one attached hydrogen (secondary N) is 2. The molecule has 9 nitrogen and oxygen atoms in total. The van der Waals surface area contributed by atoms with Crippen LogP contribution in [0.4, 0.5) is 11.4 Å². The first-order chi connectivity index (χ1) is 12.4. The Morgan fingerprint density at radius 1 is 1.04 bits per heavy atom. The Kier molecular flexibility index (Phi) is 5.99. The molecule has 2 aromatic carbocycles. The molecule has 134 valence electrons.